The lowest BCUT2D eigenvalue weighted by Crippen LogP contribution is -2.20. The molecule has 1 aliphatic rings. The number of hydrogen-bond donors (Lipinski definition) is 1. The summed E-state index contributed by atoms with van der Waals surface area (Å²) in [7, 11) is 1.58. The van der Waals surface area contributed by atoms with Gasteiger partial charge in [-0.1, -0.05) is 12.1 Å². The molecule has 4 heteroatoms. The van der Waals surface area contributed by atoms with E-state index in [2.05, 4.69) is 0 Å². The highest BCUT2D eigenvalue weighted by atomic mass is 16.6. The molecule has 0 radical (unpaired) electrons. The van der Waals surface area contributed by atoms with Crippen molar-refractivity contribution in [1.82, 2.24) is 0 Å². The van der Waals surface area contributed by atoms with E-state index in [-0.39, 0.29) is 12.5 Å². The number of rotatable bonds is 2. The Hall–Kier alpha value is -1.55. The number of esters is 1. The SMILES string of the molecule is COc1cccc(C2COC(=O)C2O)c1. The maximum atomic E-state index is 11.0. The summed E-state index contributed by atoms with van der Waals surface area (Å²) in [5.41, 5.74) is 0.854. The van der Waals surface area contributed by atoms with Gasteiger partial charge in [0.2, 0.25) is 0 Å². The third kappa shape index (κ3) is 1.80. The first-order valence-corrected chi connectivity index (χ1v) is 4.71. The third-order valence-corrected chi connectivity index (χ3v) is 2.55. The van der Waals surface area contributed by atoms with Gasteiger partial charge in [-0.25, -0.2) is 4.79 Å². The lowest BCUT2D eigenvalue weighted by atomic mass is 9.96. The molecule has 0 aliphatic carbocycles. The smallest absolute Gasteiger partial charge is 0.335 e. The largest absolute Gasteiger partial charge is 0.497 e. The Bertz CT molecular complexity index is 375. The fourth-order valence-electron chi connectivity index (χ4n) is 1.66. The summed E-state index contributed by atoms with van der Waals surface area (Å²) >= 11 is 0. The van der Waals surface area contributed by atoms with Crippen molar-refractivity contribution in [2.75, 3.05) is 13.7 Å². The van der Waals surface area contributed by atoms with E-state index >= 15 is 0 Å². The van der Waals surface area contributed by atoms with Crippen LogP contribution in [0.5, 0.6) is 5.75 Å². The lowest BCUT2D eigenvalue weighted by molar-refractivity contribution is -0.144. The van der Waals surface area contributed by atoms with Gasteiger partial charge in [0.05, 0.1) is 13.0 Å². The van der Waals surface area contributed by atoms with Crippen molar-refractivity contribution in [1.29, 1.82) is 0 Å². The fourth-order valence-corrected chi connectivity index (χ4v) is 1.66. The fraction of sp³-hybridized carbons (Fsp3) is 0.364. The van der Waals surface area contributed by atoms with Crippen LogP contribution in [0.3, 0.4) is 0 Å². The van der Waals surface area contributed by atoms with Gasteiger partial charge in [0, 0.05) is 0 Å². The van der Waals surface area contributed by atoms with E-state index in [4.69, 9.17) is 9.47 Å². The van der Waals surface area contributed by atoms with Gasteiger partial charge < -0.3 is 14.6 Å². The number of carbonyl (C=O) groups excluding carboxylic acids is 1. The molecule has 0 aromatic heterocycles. The molecule has 1 aliphatic heterocycles. The molecular weight excluding hydrogens is 196 g/mol. The highest BCUT2D eigenvalue weighted by Gasteiger charge is 2.36. The predicted octanol–water partition coefficient (Wildman–Crippen LogP) is 0.696. The summed E-state index contributed by atoms with van der Waals surface area (Å²) in [6.45, 7) is 0.229. The molecule has 15 heavy (non-hydrogen) atoms. The molecule has 0 bridgehead atoms. The average molecular weight is 208 g/mol. The van der Waals surface area contributed by atoms with Crippen molar-refractivity contribution < 1.29 is 19.4 Å². The van der Waals surface area contributed by atoms with Crippen LogP contribution < -0.4 is 4.74 Å². The monoisotopic (exact) mass is 208 g/mol. The van der Waals surface area contributed by atoms with E-state index in [9.17, 15) is 9.90 Å². The summed E-state index contributed by atoms with van der Waals surface area (Å²) in [4.78, 5) is 11.0. The van der Waals surface area contributed by atoms with Crippen LogP contribution in [0.1, 0.15) is 11.5 Å². The maximum absolute atomic E-state index is 11.0. The summed E-state index contributed by atoms with van der Waals surface area (Å²) in [6.07, 6.45) is -1.06. The molecule has 2 unspecified atom stereocenters. The predicted molar refractivity (Wildman–Crippen MR) is 52.7 cm³/mol. The Balaban J connectivity index is 2.26. The van der Waals surface area contributed by atoms with Crippen molar-refractivity contribution in [2.24, 2.45) is 0 Å². The van der Waals surface area contributed by atoms with Gasteiger partial charge >= 0.3 is 5.97 Å². The van der Waals surface area contributed by atoms with Gasteiger partial charge in [0.25, 0.3) is 0 Å². The minimum atomic E-state index is -1.06. The highest BCUT2D eigenvalue weighted by molar-refractivity contribution is 5.78. The Morgan fingerprint density at radius 2 is 2.33 bits per heavy atom. The van der Waals surface area contributed by atoms with E-state index in [1.807, 2.05) is 18.2 Å². The number of aliphatic hydroxyl groups is 1. The van der Waals surface area contributed by atoms with Crippen LogP contribution >= 0.6 is 0 Å². The van der Waals surface area contributed by atoms with Crippen molar-refractivity contribution in [2.45, 2.75) is 12.0 Å². The Morgan fingerprint density at radius 1 is 1.53 bits per heavy atom. The summed E-state index contributed by atoms with van der Waals surface area (Å²) < 4.78 is 9.85. The molecule has 0 amide bonds. The van der Waals surface area contributed by atoms with Gasteiger partial charge in [0.1, 0.15) is 12.4 Å². The first-order valence-electron chi connectivity index (χ1n) is 4.71. The van der Waals surface area contributed by atoms with Crippen LogP contribution in [0.2, 0.25) is 0 Å². The summed E-state index contributed by atoms with van der Waals surface area (Å²) in [5.74, 6) is -0.130. The van der Waals surface area contributed by atoms with Crippen LogP contribution in [0.4, 0.5) is 0 Å². The average Bonchev–Trinajstić information content (AvgIpc) is 2.60. The Kier molecular flexibility index (Phi) is 2.60. The number of hydrogen-bond acceptors (Lipinski definition) is 4. The van der Waals surface area contributed by atoms with Crippen molar-refractivity contribution >= 4 is 5.97 Å². The van der Waals surface area contributed by atoms with Crippen molar-refractivity contribution in [3.8, 4) is 5.75 Å². The van der Waals surface area contributed by atoms with Gasteiger partial charge in [-0.2, -0.15) is 0 Å². The second-order valence-electron chi connectivity index (χ2n) is 3.46. The first kappa shape index (κ1) is 9.98. The molecule has 1 aromatic rings. The molecule has 1 fully saturated rings. The molecule has 1 saturated heterocycles. The van der Waals surface area contributed by atoms with E-state index in [0.717, 1.165) is 5.56 Å². The van der Waals surface area contributed by atoms with Crippen LogP contribution in [0.15, 0.2) is 24.3 Å². The molecule has 80 valence electrons. The second-order valence-corrected chi connectivity index (χ2v) is 3.46. The molecule has 2 atom stereocenters. The zero-order valence-electron chi connectivity index (χ0n) is 8.34. The number of aliphatic hydroxyl groups excluding tert-OH is 1. The summed E-state index contributed by atoms with van der Waals surface area (Å²) in [6, 6.07) is 7.28. The van der Waals surface area contributed by atoms with Crippen LogP contribution in [-0.4, -0.2) is 30.9 Å². The number of benzene rings is 1. The van der Waals surface area contributed by atoms with Crippen molar-refractivity contribution in [3.05, 3.63) is 29.8 Å². The maximum Gasteiger partial charge on any atom is 0.335 e. The topological polar surface area (TPSA) is 55.8 Å². The number of methoxy groups -OCH3 is 1. The molecule has 0 saturated carbocycles. The van der Waals surface area contributed by atoms with E-state index < -0.39 is 12.1 Å². The minimum Gasteiger partial charge on any atom is -0.497 e. The number of ether oxygens (including phenoxy) is 2. The van der Waals surface area contributed by atoms with Crippen LogP contribution in [-0.2, 0) is 9.53 Å². The van der Waals surface area contributed by atoms with Gasteiger partial charge in [0.15, 0.2) is 6.10 Å². The summed E-state index contributed by atoms with van der Waals surface area (Å²) in [5, 5.41) is 9.56. The highest BCUT2D eigenvalue weighted by Crippen LogP contribution is 2.28. The van der Waals surface area contributed by atoms with E-state index in [1.54, 1.807) is 13.2 Å². The Labute approximate surface area is 87.4 Å². The quantitative estimate of drug-likeness (QED) is 0.727. The molecule has 0 spiro atoms. The molecule has 4 nitrogen and oxygen atoms in total. The molecule has 2 rings (SSSR count). The van der Waals surface area contributed by atoms with E-state index in [0.29, 0.717) is 5.75 Å². The minimum absolute atomic E-state index is 0.229. The standard InChI is InChI=1S/C11H12O4/c1-14-8-4-2-3-7(5-8)9-6-15-11(13)10(9)12/h2-5,9-10,12H,6H2,1H3. The van der Waals surface area contributed by atoms with Gasteiger partial charge in [-0.05, 0) is 17.7 Å². The zero-order valence-corrected chi connectivity index (χ0v) is 8.34. The van der Waals surface area contributed by atoms with Crippen LogP contribution in [0.25, 0.3) is 0 Å². The van der Waals surface area contributed by atoms with Gasteiger partial charge in [-0.3, -0.25) is 0 Å². The Morgan fingerprint density at radius 3 is 2.93 bits per heavy atom. The van der Waals surface area contributed by atoms with Crippen LogP contribution in [0, 0.1) is 0 Å². The number of cyclic esters (lactones) is 1. The second kappa shape index (κ2) is 3.90. The third-order valence-electron chi connectivity index (χ3n) is 2.55. The molecule has 1 aromatic carbocycles. The first-order chi connectivity index (χ1) is 7.22. The number of carbonyl (C=O) groups is 1. The molecule has 1 heterocycles. The zero-order chi connectivity index (χ0) is 10.8. The normalized spacial score (nSPS) is 25.1. The van der Waals surface area contributed by atoms with Gasteiger partial charge in [-0.15, -0.1) is 0 Å². The van der Waals surface area contributed by atoms with E-state index in [1.165, 1.54) is 0 Å². The molecular formula is C11H12O4. The molecule has 1 N–H and O–H groups in total. The lowest BCUT2D eigenvalue weighted by Gasteiger charge is -2.11. The van der Waals surface area contributed by atoms with Crippen molar-refractivity contribution in [3.63, 3.8) is 0 Å².